The molecule has 2 heterocycles. The smallest absolute Gasteiger partial charge is 0.148 e. The zero-order chi connectivity index (χ0) is 10.5. The molecule has 0 amide bonds. The predicted octanol–water partition coefficient (Wildman–Crippen LogP) is 2.03. The Kier molecular flexibility index (Phi) is 2.97. The predicted molar refractivity (Wildman–Crippen MR) is 57.7 cm³/mol. The Balaban J connectivity index is 1.81. The van der Waals surface area contributed by atoms with Crippen LogP contribution in [0.4, 0.5) is 5.82 Å². The van der Waals surface area contributed by atoms with Crippen LogP contribution in [0.3, 0.4) is 0 Å². The minimum absolute atomic E-state index is 0.797. The lowest BCUT2D eigenvalue weighted by atomic mass is 10.3. The second-order valence-electron chi connectivity index (χ2n) is 3.32. The lowest BCUT2D eigenvalue weighted by molar-refractivity contribution is 0.513. The molecule has 4 nitrogen and oxygen atoms in total. The molecule has 0 spiro atoms. The van der Waals surface area contributed by atoms with Crippen LogP contribution in [0.25, 0.3) is 0 Å². The molecule has 4 heteroatoms. The molecule has 0 radical (unpaired) electrons. The van der Waals surface area contributed by atoms with Crippen molar-refractivity contribution in [2.75, 3.05) is 11.9 Å². The van der Waals surface area contributed by atoms with Gasteiger partial charge in [0, 0.05) is 13.0 Å². The lowest BCUT2D eigenvalue weighted by Crippen LogP contribution is -2.06. The second kappa shape index (κ2) is 4.59. The monoisotopic (exact) mass is 203 g/mol. The van der Waals surface area contributed by atoms with Gasteiger partial charge in [-0.05, 0) is 31.2 Å². The first-order chi connectivity index (χ1) is 7.34. The highest BCUT2D eigenvalue weighted by Gasteiger charge is 1.96. The Morgan fingerprint density at radius 2 is 2.20 bits per heavy atom. The molecule has 1 N–H and O–H groups in total. The van der Waals surface area contributed by atoms with E-state index in [0.29, 0.717) is 0 Å². The van der Waals surface area contributed by atoms with Crippen LogP contribution in [-0.4, -0.2) is 16.7 Å². The minimum atomic E-state index is 0.797. The molecule has 0 unspecified atom stereocenters. The fourth-order valence-electron chi connectivity index (χ4n) is 1.26. The van der Waals surface area contributed by atoms with Gasteiger partial charge in [-0.25, -0.2) is 0 Å². The molecule has 0 aliphatic rings. The van der Waals surface area contributed by atoms with Crippen LogP contribution in [0.1, 0.15) is 11.5 Å². The van der Waals surface area contributed by atoms with Gasteiger partial charge in [-0.15, -0.1) is 5.10 Å². The van der Waals surface area contributed by atoms with Crippen LogP contribution in [0.15, 0.2) is 34.9 Å². The maximum absolute atomic E-state index is 5.21. The van der Waals surface area contributed by atoms with Crippen LogP contribution in [-0.2, 0) is 6.42 Å². The van der Waals surface area contributed by atoms with Gasteiger partial charge in [0.25, 0.3) is 0 Å². The Labute approximate surface area is 88.3 Å². The van der Waals surface area contributed by atoms with E-state index in [2.05, 4.69) is 15.5 Å². The van der Waals surface area contributed by atoms with Gasteiger partial charge in [-0.1, -0.05) is 0 Å². The number of nitrogens with zero attached hydrogens (tertiary/aromatic N) is 2. The minimum Gasteiger partial charge on any atom is -0.469 e. The molecule has 2 rings (SSSR count). The largest absolute Gasteiger partial charge is 0.469 e. The van der Waals surface area contributed by atoms with Crippen LogP contribution in [0, 0.1) is 6.92 Å². The average Bonchev–Trinajstić information content (AvgIpc) is 2.74. The van der Waals surface area contributed by atoms with Crippen LogP contribution >= 0.6 is 0 Å². The standard InChI is InChI=1S/C11H13N3O/c1-9-4-5-11(14-13-9)12-7-6-10-3-2-8-15-10/h2-5,8H,6-7H2,1H3,(H,12,14). The van der Waals surface area contributed by atoms with E-state index in [1.54, 1.807) is 6.26 Å². The Hall–Kier alpha value is -1.84. The highest BCUT2D eigenvalue weighted by Crippen LogP contribution is 2.03. The highest BCUT2D eigenvalue weighted by molar-refractivity contribution is 5.32. The average molecular weight is 203 g/mol. The van der Waals surface area contributed by atoms with E-state index in [4.69, 9.17) is 4.42 Å². The molecule has 78 valence electrons. The molecule has 0 atom stereocenters. The first-order valence-corrected chi connectivity index (χ1v) is 4.91. The number of hydrogen-bond donors (Lipinski definition) is 1. The Morgan fingerprint density at radius 3 is 2.87 bits per heavy atom. The number of aromatic nitrogens is 2. The van der Waals surface area contributed by atoms with Crippen molar-refractivity contribution in [3.8, 4) is 0 Å². The zero-order valence-corrected chi connectivity index (χ0v) is 8.60. The number of hydrogen-bond acceptors (Lipinski definition) is 4. The molecule has 0 aliphatic heterocycles. The van der Waals surface area contributed by atoms with E-state index in [0.717, 1.165) is 30.2 Å². The van der Waals surface area contributed by atoms with E-state index < -0.39 is 0 Å². The fraction of sp³-hybridized carbons (Fsp3) is 0.273. The summed E-state index contributed by atoms with van der Waals surface area (Å²) in [6.07, 6.45) is 2.53. The molecular formula is C11H13N3O. The van der Waals surface area contributed by atoms with Crippen molar-refractivity contribution < 1.29 is 4.42 Å². The van der Waals surface area contributed by atoms with E-state index in [1.165, 1.54) is 0 Å². The molecule has 15 heavy (non-hydrogen) atoms. The normalized spacial score (nSPS) is 10.2. The number of nitrogens with one attached hydrogen (secondary N) is 1. The van der Waals surface area contributed by atoms with Crippen molar-refractivity contribution >= 4 is 5.82 Å². The summed E-state index contributed by atoms with van der Waals surface area (Å²) in [5, 5.41) is 11.1. The van der Waals surface area contributed by atoms with Gasteiger partial charge in [0.05, 0.1) is 12.0 Å². The van der Waals surface area contributed by atoms with Gasteiger partial charge in [-0.2, -0.15) is 5.10 Å². The molecule has 0 fully saturated rings. The maximum Gasteiger partial charge on any atom is 0.148 e. The summed E-state index contributed by atoms with van der Waals surface area (Å²) in [7, 11) is 0. The third-order valence-corrected chi connectivity index (χ3v) is 2.06. The van der Waals surface area contributed by atoms with E-state index in [1.807, 2.05) is 31.2 Å². The molecule has 0 aromatic carbocycles. The fourth-order valence-corrected chi connectivity index (χ4v) is 1.26. The van der Waals surface area contributed by atoms with Crippen molar-refractivity contribution in [1.29, 1.82) is 0 Å². The van der Waals surface area contributed by atoms with Gasteiger partial charge in [0.2, 0.25) is 0 Å². The van der Waals surface area contributed by atoms with E-state index >= 15 is 0 Å². The first-order valence-electron chi connectivity index (χ1n) is 4.91. The third-order valence-electron chi connectivity index (χ3n) is 2.06. The number of rotatable bonds is 4. The molecule has 2 aromatic rings. The van der Waals surface area contributed by atoms with Crippen molar-refractivity contribution in [1.82, 2.24) is 10.2 Å². The Bertz CT molecular complexity index is 394. The van der Waals surface area contributed by atoms with Crippen molar-refractivity contribution in [2.24, 2.45) is 0 Å². The van der Waals surface area contributed by atoms with E-state index in [-0.39, 0.29) is 0 Å². The Morgan fingerprint density at radius 1 is 1.27 bits per heavy atom. The zero-order valence-electron chi connectivity index (χ0n) is 8.60. The van der Waals surface area contributed by atoms with Crippen LogP contribution in [0.2, 0.25) is 0 Å². The quantitative estimate of drug-likeness (QED) is 0.826. The summed E-state index contributed by atoms with van der Waals surface area (Å²) in [5.74, 6) is 1.77. The third kappa shape index (κ3) is 2.80. The molecular weight excluding hydrogens is 190 g/mol. The second-order valence-corrected chi connectivity index (χ2v) is 3.32. The van der Waals surface area contributed by atoms with Crippen LogP contribution in [0.5, 0.6) is 0 Å². The molecule has 0 bridgehead atoms. The topological polar surface area (TPSA) is 51.0 Å². The van der Waals surface area contributed by atoms with Crippen molar-refractivity contribution in [2.45, 2.75) is 13.3 Å². The highest BCUT2D eigenvalue weighted by atomic mass is 16.3. The summed E-state index contributed by atoms with van der Waals surface area (Å²) in [6, 6.07) is 7.70. The number of furan rings is 1. The van der Waals surface area contributed by atoms with Crippen LogP contribution < -0.4 is 5.32 Å². The van der Waals surface area contributed by atoms with Crippen molar-refractivity contribution in [3.05, 3.63) is 42.0 Å². The first kappa shape index (κ1) is 9.71. The molecule has 2 aromatic heterocycles. The van der Waals surface area contributed by atoms with Gasteiger partial charge >= 0.3 is 0 Å². The summed E-state index contributed by atoms with van der Waals surface area (Å²) >= 11 is 0. The summed E-state index contributed by atoms with van der Waals surface area (Å²) in [4.78, 5) is 0. The lowest BCUT2D eigenvalue weighted by Gasteiger charge is -2.02. The van der Waals surface area contributed by atoms with Gasteiger partial charge in [0.1, 0.15) is 11.6 Å². The number of aryl methyl sites for hydroxylation is 1. The molecule has 0 aliphatic carbocycles. The van der Waals surface area contributed by atoms with Gasteiger partial charge in [0.15, 0.2) is 0 Å². The molecule has 0 saturated carbocycles. The SMILES string of the molecule is Cc1ccc(NCCc2ccco2)nn1. The van der Waals surface area contributed by atoms with E-state index in [9.17, 15) is 0 Å². The van der Waals surface area contributed by atoms with Gasteiger partial charge in [-0.3, -0.25) is 0 Å². The summed E-state index contributed by atoms with van der Waals surface area (Å²) in [5.41, 5.74) is 0.923. The van der Waals surface area contributed by atoms with Gasteiger partial charge < -0.3 is 9.73 Å². The van der Waals surface area contributed by atoms with Crippen molar-refractivity contribution in [3.63, 3.8) is 0 Å². The maximum atomic E-state index is 5.21. The summed E-state index contributed by atoms with van der Waals surface area (Å²) < 4.78 is 5.21. The summed E-state index contributed by atoms with van der Waals surface area (Å²) in [6.45, 7) is 2.71. The number of anilines is 1. The molecule has 0 saturated heterocycles.